The van der Waals surface area contributed by atoms with E-state index in [-0.39, 0.29) is 24.3 Å². The molecule has 0 aliphatic carbocycles. The third kappa shape index (κ3) is 4.61. The molecule has 0 saturated carbocycles. The Morgan fingerprint density at radius 3 is 2.50 bits per heavy atom. The number of nitrogens with one attached hydrogen (secondary N) is 2. The molecule has 3 aliphatic heterocycles. The van der Waals surface area contributed by atoms with Crippen LogP contribution in [0.4, 0.5) is 4.79 Å². The molecule has 0 unspecified atom stereocenters. The number of likely N-dealkylation sites (tertiary alicyclic amines) is 1. The second-order valence-corrected chi connectivity index (χ2v) is 8.23. The zero-order valence-electron chi connectivity index (χ0n) is 16.4. The molecule has 4 rings (SSSR count). The van der Waals surface area contributed by atoms with Crippen LogP contribution >= 0.6 is 12.4 Å². The molecule has 2 saturated heterocycles. The highest BCUT2D eigenvalue weighted by Gasteiger charge is 2.37. The molecule has 3 heterocycles. The maximum Gasteiger partial charge on any atom is 0.317 e. The highest BCUT2D eigenvalue weighted by Crippen LogP contribution is 2.36. The van der Waals surface area contributed by atoms with Crippen LogP contribution in [0.1, 0.15) is 36.8 Å². The van der Waals surface area contributed by atoms with Crippen molar-refractivity contribution in [3.63, 3.8) is 0 Å². The average Bonchev–Trinajstić information content (AvgIpc) is 3.16. The van der Waals surface area contributed by atoms with Crippen molar-refractivity contribution in [2.75, 3.05) is 39.3 Å². The van der Waals surface area contributed by atoms with Crippen molar-refractivity contribution in [2.45, 2.75) is 38.6 Å². The van der Waals surface area contributed by atoms with Gasteiger partial charge in [0.15, 0.2) is 0 Å². The Bertz CT molecular complexity index is 695. The summed E-state index contributed by atoms with van der Waals surface area (Å²) < 4.78 is 0. The topological polar surface area (TPSA) is 64.7 Å². The molecule has 0 aromatic heterocycles. The van der Waals surface area contributed by atoms with Gasteiger partial charge in [0.25, 0.3) is 0 Å². The summed E-state index contributed by atoms with van der Waals surface area (Å²) in [6, 6.07) is 8.22. The van der Waals surface area contributed by atoms with Crippen molar-refractivity contribution in [3.8, 4) is 0 Å². The Morgan fingerprint density at radius 2 is 1.79 bits per heavy atom. The first-order valence-corrected chi connectivity index (χ1v) is 10.2. The molecule has 1 aromatic carbocycles. The fraction of sp³-hybridized carbons (Fsp3) is 0.619. The average molecular weight is 407 g/mol. The normalized spacial score (nSPS) is 20.4. The van der Waals surface area contributed by atoms with Crippen LogP contribution in [0.25, 0.3) is 0 Å². The highest BCUT2D eigenvalue weighted by molar-refractivity contribution is 5.85. The number of urea groups is 1. The minimum absolute atomic E-state index is 0. The Hall–Kier alpha value is -1.79. The summed E-state index contributed by atoms with van der Waals surface area (Å²) in [6.07, 6.45) is 4.73. The Balaban J connectivity index is 0.00000225. The Labute approximate surface area is 173 Å². The molecule has 6 nitrogen and oxygen atoms in total. The van der Waals surface area contributed by atoms with Crippen LogP contribution in [-0.4, -0.2) is 61.0 Å². The maximum absolute atomic E-state index is 12.5. The van der Waals surface area contributed by atoms with Crippen LogP contribution in [0.3, 0.4) is 0 Å². The fourth-order valence-corrected chi connectivity index (χ4v) is 4.67. The van der Waals surface area contributed by atoms with Gasteiger partial charge in [0.05, 0.1) is 0 Å². The molecule has 3 aliphatic rings. The molecule has 0 radical (unpaired) electrons. The number of hydrogen-bond acceptors (Lipinski definition) is 3. The SMILES string of the molecule is Cl.O=C(CCNC(=O)N1CCc2ccccc2C1)N1CCC2(CCNC2)CC1. The zero-order chi connectivity index (χ0) is 18.7. The van der Waals surface area contributed by atoms with Gasteiger partial charge in [0.2, 0.25) is 5.91 Å². The van der Waals surface area contributed by atoms with E-state index < -0.39 is 0 Å². The van der Waals surface area contributed by atoms with Gasteiger partial charge in [-0.15, -0.1) is 12.4 Å². The molecule has 0 atom stereocenters. The first kappa shape index (κ1) is 20.9. The number of nitrogens with zero attached hydrogens (tertiary/aromatic N) is 2. The minimum atomic E-state index is -0.0630. The van der Waals surface area contributed by atoms with Crippen LogP contribution in [0, 0.1) is 5.41 Å². The quantitative estimate of drug-likeness (QED) is 0.808. The van der Waals surface area contributed by atoms with Crippen molar-refractivity contribution in [2.24, 2.45) is 5.41 Å². The van der Waals surface area contributed by atoms with E-state index in [2.05, 4.69) is 22.8 Å². The van der Waals surface area contributed by atoms with Crippen molar-refractivity contribution in [1.82, 2.24) is 20.4 Å². The third-order valence-corrected chi connectivity index (χ3v) is 6.54. The first-order chi connectivity index (χ1) is 13.2. The van der Waals surface area contributed by atoms with Crippen molar-refractivity contribution in [1.29, 1.82) is 0 Å². The summed E-state index contributed by atoms with van der Waals surface area (Å²) in [5.74, 6) is 0.167. The van der Waals surface area contributed by atoms with Gasteiger partial charge < -0.3 is 20.4 Å². The number of benzene rings is 1. The van der Waals surface area contributed by atoms with Crippen LogP contribution in [0.2, 0.25) is 0 Å². The number of carbonyl (C=O) groups is 2. The van der Waals surface area contributed by atoms with Gasteiger partial charge in [-0.3, -0.25) is 4.79 Å². The predicted molar refractivity (Wildman–Crippen MR) is 112 cm³/mol. The van der Waals surface area contributed by atoms with Gasteiger partial charge in [0, 0.05) is 45.7 Å². The summed E-state index contributed by atoms with van der Waals surface area (Å²) >= 11 is 0. The van der Waals surface area contributed by atoms with Gasteiger partial charge in [-0.1, -0.05) is 24.3 Å². The number of hydrogen-bond donors (Lipinski definition) is 2. The summed E-state index contributed by atoms with van der Waals surface area (Å²) in [6.45, 7) is 5.73. The molecule has 1 spiro atoms. The van der Waals surface area contributed by atoms with E-state index in [4.69, 9.17) is 0 Å². The van der Waals surface area contributed by atoms with Crippen LogP contribution in [0.15, 0.2) is 24.3 Å². The number of carbonyl (C=O) groups excluding carboxylic acids is 2. The second kappa shape index (κ2) is 9.14. The van der Waals surface area contributed by atoms with Gasteiger partial charge in [-0.05, 0) is 48.8 Å². The summed E-state index contributed by atoms with van der Waals surface area (Å²) in [4.78, 5) is 28.7. The molecule has 154 valence electrons. The van der Waals surface area contributed by atoms with E-state index >= 15 is 0 Å². The smallest absolute Gasteiger partial charge is 0.317 e. The first-order valence-electron chi connectivity index (χ1n) is 10.2. The van der Waals surface area contributed by atoms with Gasteiger partial charge in [-0.25, -0.2) is 4.79 Å². The van der Waals surface area contributed by atoms with Gasteiger partial charge >= 0.3 is 6.03 Å². The summed E-state index contributed by atoms with van der Waals surface area (Å²) in [5, 5.41) is 6.39. The number of halogens is 1. The molecule has 7 heteroatoms. The van der Waals surface area contributed by atoms with E-state index in [0.717, 1.165) is 52.0 Å². The number of fused-ring (bicyclic) bond motifs is 1. The molecular formula is C21H31ClN4O2. The zero-order valence-corrected chi connectivity index (χ0v) is 17.2. The van der Waals surface area contributed by atoms with E-state index in [1.165, 1.54) is 17.5 Å². The second-order valence-electron chi connectivity index (χ2n) is 8.23. The monoisotopic (exact) mass is 406 g/mol. The minimum Gasteiger partial charge on any atom is -0.343 e. The van der Waals surface area contributed by atoms with E-state index in [0.29, 0.717) is 24.9 Å². The van der Waals surface area contributed by atoms with Crippen molar-refractivity contribution in [3.05, 3.63) is 35.4 Å². The van der Waals surface area contributed by atoms with Crippen LogP contribution in [-0.2, 0) is 17.8 Å². The number of amides is 3. The van der Waals surface area contributed by atoms with Crippen LogP contribution < -0.4 is 10.6 Å². The maximum atomic E-state index is 12.5. The molecular weight excluding hydrogens is 376 g/mol. The largest absolute Gasteiger partial charge is 0.343 e. The molecule has 28 heavy (non-hydrogen) atoms. The lowest BCUT2D eigenvalue weighted by Gasteiger charge is -2.39. The third-order valence-electron chi connectivity index (χ3n) is 6.54. The lowest BCUT2D eigenvalue weighted by Crippen LogP contribution is -2.46. The molecule has 2 fully saturated rings. The van der Waals surface area contributed by atoms with Crippen molar-refractivity contribution < 1.29 is 9.59 Å². The number of piperidine rings is 1. The summed E-state index contributed by atoms with van der Waals surface area (Å²) in [7, 11) is 0. The Morgan fingerprint density at radius 1 is 1.04 bits per heavy atom. The lowest BCUT2D eigenvalue weighted by molar-refractivity contribution is -0.133. The Kier molecular flexibility index (Phi) is 6.83. The van der Waals surface area contributed by atoms with E-state index in [9.17, 15) is 9.59 Å². The van der Waals surface area contributed by atoms with Gasteiger partial charge in [0.1, 0.15) is 0 Å². The van der Waals surface area contributed by atoms with Crippen molar-refractivity contribution >= 4 is 24.3 Å². The van der Waals surface area contributed by atoms with Crippen LogP contribution in [0.5, 0.6) is 0 Å². The number of rotatable bonds is 3. The van der Waals surface area contributed by atoms with E-state index in [1.54, 1.807) is 0 Å². The standard InChI is InChI=1S/C21H30N4O2.ClH/c26-19(24-13-8-21(9-14-24)7-11-22-16-21)5-10-23-20(27)25-12-6-17-3-1-2-4-18(17)15-25;/h1-4,22H,5-16H2,(H,23,27);1H. The highest BCUT2D eigenvalue weighted by atomic mass is 35.5. The lowest BCUT2D eigenvalue weighted by atomic mass is 9.78. The molecule has 0 bridgehead atoms. The predicted octanol–water partition coefficient (Wildman–Crippen LogP) is 2.17. The molecule has 3 amide bonds. The van der Waals surface area contributed by atoms with E-state index in [1.807, 2.05) is 21.9 Å². The molecule has 1 aromatic rings. The summed E-state index contributed by atoms with van der Waals surface area (Å²) in [5.41, 5.74) is 2.98. The fourth-order valence-electron chi connectivity index (χ4n) is 4.67. The molecule has 2 N–H and O–H groups in total. The van der Waals surface area contributed by atoms with Gasteiger partial charge in [-0.2, -0.15) is 0 Å².